The quantitative estimate of drug-likeness (QED) is 0.527. The summed E-state index contributed by atoms with van der Waals surface area (Å²) in [6.07, 6.45) is 9.32. The molecule has 0 unspecified atom stereocenters. The van der Waals surface area contributed by atoms with Crippen molar-refractivity contribution in [2.45, 2.75) is 0 Å². The Morgan fingerprint density at radius 1 is 1.04 bits per heavy atom. The molecular weight excluding hydrogens is 338 g/mol. The summed E-state index contributed by atoms with van der Waals surface area (Å²) in [4.78, 5) is 12.3. The van der Waals surface area contributed by atoms with Crippen molar-refractivity contribution >= 4 is 21.8 Å². The van der Waals surface area contributed by atoms with E-state index in [-0.39, 0.29) is 0 Å². The number of aromatic nitrogens is 5. The number of aromatic amines is 1. The molecule has 0 aliphatic carbocycles. The third-order valence-electron chi connectivity index (χ3n) is 4.78. The standard InChI is InChI=1S/C21H17N5O/c1-26-12-14(10-24-26)20-19(27-2)6-5-16-21(20)15-8-17(23-11-18(15)25-16)13-4-3-7-22-9-13/h3-12,25H,1-2H3. The Kier molecular flexibility index (Phi) is 3.43. The van der Waals surface area contributed by atoms with Crippen molar-refractivity contribution in [1.82, 2.24) is 24.7 Å². The third-order valence-corrected chi connectivity index (χ3v) is 4.78. The second-order valence-corrected chi connectivity index (χ2v) is 6.45. The maximum Gasteiger partial charge on any atom is 0.127 e. The average molecular weight is 355 g/mol. The number of nitrogens with one attached hydrogen (secondary N) is 1. The van der Waals surface area contributed by atoms with E-state index in [1.807, 2.05) is 56.1 Å². The number of methoxy groups -OCH3 is 1. The van der Waals surface area contributed by atoms with Gasteiger partial charge in [-0.3, -0.25) is 14.6 Å². The third kappa shape index (κ3) is 2.45. The van der Waals surface area contributed by atoms with Gasteiger partial charge in [0.15, 0.2) is 0 Å². The summed E-state index contributed by atoms with van der Waals surface area (Å²) in [5.41, 5.74) is 5.93. The highest BCUT2D eigenvalue weighted by Crippen LogP contribution is 2.41. The predicted octanol–water partition coefficient (Wildman–Crippen LogP) is 4.19. The summed E-state index contributed by atoms with van der Waals surface area (Å²) < 4.78 is 7.47. The molecule has 0 fully saturated rings. The van der Waals surface area contributed by atoms with Crippen LogP contribution in [0.25, 0.3) is 44.2 Å². The Labute approximate surface area is 155 Å². The molecule has 0 aliphatic rings. The lowest BCUT2D eigenvalue weighted by atomic mass is 10.0. The maximum atomic E-state index is 5.67. The summed E-state index contributed by atoms with van der Waals surface area (Å²) in [7, 11) is 3.61. The molecule has 132 valence electrons. The van der Waals surface area contributed by atoms with Gasteiger partial charge < -0.3 is 9.72 Å². The minimum atomic E-state index is 0.816. The first-order valence-corrected chi connectivity index (χ1v) is 8.62. The van der Waals surface area contributed by atoms with Gasteiger partial charge in [0, 0.05) is 58.6 Å². The molecule has 1 N–H and O–H groups in total. The molecule has 0 spiro atoms. The fourth-order valence-electron chi connectivity index (χ4n) is 3.55. The van der Waals surface area contributed by atoms with E-state index in [0.29, 0.717) is 0 Å². The molecule has 5 aromatic rings. The van der Waals surface area contributed by atoms with Crippen LogP contribution >= 0.6 is 0 Å². The molecule has 0 saturated carbocycles. The average Bonchev–Trinajstić information content (AvgIpc) is 3.30. The van der Waals surface area contributed by atoms with Crippen LogP contribution in [0.5, 0.6) is 5.75 Å². The monoisotopic (exact) mass is 355 g/mol. The fraction of sp³-hybridized carbons (Fsp3) is 0.0952. The minimum absolute atomic E-state index is 0.816. The number of hydrogen-bond acceptors (Lipinski definition) is 4. The number of benzene rings is 1. The summed E-state index contributed by atoms with van der Waals surface area (Å²) in [5, 5.41) is 6.53. The van der Waals surface area contributed by atoms with Gasteiger partial charge in [-0.15, -0.1) is 0 Å². The second-order valence-electron chi connectivity index (χ2n) is 6.45. The summed E-state index contributed by atoms with van der Waals surface area (Å²) in [5.74, 6) is 0.816. The molecule has 4 aromatic heterocycles. The van der Waals surface area contributed by atoms with Crippen molar-refractivity contribution in [3.05, 3.63) is 61.3 Å². The van der Waals surface area contributed by atoms with E-state index in [1.54, 1.807) is 18.0 Å². The zero-order chi connectivity index (χ0) is 18.4. The van der Waals surface area contributed by atoms with Gasteiger partial charge in [-0.2, -0.15) is 5.10 Å². The molecule has 6 heteroatoms. The van der Waals surface area contributed by atoms with Gasteiger partial charge in [0.1, 0.15) is 5.75 Å². The Bertz CT molecular complexity index is 1270. The van der Waals surface area contributed by atoms with Crippen LogP contribution in [0, 0.1) is 0 Å². The van der Waals surface area contributed by atoms with Gasteiger partial charge in [-0.1, -0.05) is 0 Å². The highest BCUT2D eigenvalue weighted by molar-refractivity contribution is 6.16. The molecule has 0 aliphatic heterocycles. The number of pyridine rings is 2. The van der Waals surface area contributed by atoms with Crippen molar-refractivity contribution in [2.24, 2.45) is 7.05 Å². The normalized spacial score (nSPS) is 11.3. The van der Waals surface area contributed by atoms with Crippen molar-refractivity contribution in [3.8, 4) is 28.1 Å². The second kappa shape index (κ2) is 5.95. The van der Waals surface area contributed by atoms with Crippen LogP contribution in [-0.4, -0.2) is 31.8 Å². The van der Waals surface area contributed by atoms with Crippen LogP contribution in [0.1, 0.15) is 0 Å². The minimum Gasteiger partial charge on any atom is -0.496 e. The lowest BCUT2D eigenvalue weighted by molar-refractivity contribution is 0.417. The number of H-pyrrole nitrogens is 1. The summed E-state index contributed by atoms with van der Waals surface area (Å²) in [6, 6.07) is 10.1. The van der Waals surface area contributed by atoms with Gasteiger partial charge in [0.2, 0.25) is 0 Å². The molecule has 0 bridgehead atoms. The molecule has 5 rings (SSSR count). The summed E-state index contributed by atoms with van der Waals surface area (Å²) in [6.45, 7) is 0. The highest BCUT2D eigenvalue weighted by Gasteiger charge is 2.17. The topological polar surface area (TPSA) is 68.6 Å². The number of hydrogen-bond donors (Lipinski definition) is 1. The van der Waals surface area contributed by atoms with Crippen LogP contribution in [0.4, 0.5) is 0 Å². The molecule has 1 aromatic carbocycles. The lowest BCUT2D eigenvalue weighted by Gasteiger charge is -2.09. The van der Waals surface area contributed by atoms with Gasteiger partial charge in [-0.05, 0) is 30.3 Å². The molecule has 0 saturated heterocycles. The van der Waals surface area contributed by atoms with Crippen LogP contribution in [-0.2, 0) is 7.05 Å². The van der Waals surface area contributed by atoms with Crippen molar-refractivity contribution in [1.29, 1.82) is 0 Å². The highest BCUT2D eigenvalue weighted by atomic mass is 16.5. The van der Waals surface area contributed by atoms with E-state index in [9.17, 15) is 0 Å². The van der Waals surface area contributed by atoms with E-state index in [4.69, 9.17) is 4.74 Å². The van der Waals surface area contributed by atoms with Gasteiger partial charge in [-0.25, -0.2) is 0 Å². The van der Waals surface area contributed by atoms with E-state index in [0.717, 1.165) is 49.9 Å². The summed E-state index contributed by atoms with van der Waals surface area (Å²) >= 11 is 0. The molecule has 0 radical (unpaired) electrons. The largest absolute Gasteiger partial charge is 0.496 e. The molecule has 4 heterocycles. The van der Waals surface area contributed by atoms with E-state index in [1.165, 1.54) is 0 Å². The zero-order valence-corrected chi connectivity index (χ0v) is 15.0. The van der Waals surface area contributed by atoms with E-state index >= 15 is 0 Å². The zero-order valence-electron chi connectivity index (χ0n) is 15.0. The fourth-order valence-corrected chi connectivity index (χ4v) is 3.55. The van der Waals surface area contributed by atoms with Crippen LogP contribution < -0.4 is 4.74 Å². The maximum absolute atomic E-state index is 5.67. The van der Waals surface area contributed by atoms with E-state index < -0.39 is 0 Å². The first kappa shape index (κ1) is 15.6. The molecule has 6 nitrogen and oxygen atoms in total. The first-order valence-electron chi connectivity index (χ1n) is 8.62. The van der Waals surface area contributed by atoms with Crippen LogP contribution in [0.3, 0.4) is 0 Å². The Balaban J connectivity index is 1.86. The first-order chi connectivity index (χ1) is 13.2. The Hall–Kier alpha value is -3.67. The number of ether oxygens (including phenoxy) is 1. The molecular formula is C21H17N5O. The number of nitrogens with zero attached hydrogens (tertiary/aromatic N) is 4. The molecule has 0 atom stereocenters. The van der Waals surface area contributed by atoms with E-state index in [2.05, 4.69) is 26.1 Å². The van der Waals surface area contributed by atoms with Gasteiger partial charge in [0.05, 0.1) is 30.7 Å². The smallest absolute Gasteiger partial charge is 0.127 e. The Morgan fingerprint density at radius 3 is 2.70 bits per heavy atom. The van der Waals surface area contributed by atoms with Crippen LogP contribution in [0.15, 0.2) is 61.3 Å². The lowest BCUT2D eigenvalue weighted by Crippen LogP contribution is -1.89. The molecule has 0 amide bonds. The number of fused-ring (bicyclic) bond motifs is 3. The Morgan fingerprint density at radius 2 is 1.96 bits per heavy atom. The number of rotatable bonds is 3. The molecule has 27 heavy (non-hydrogen) atoms. The van der Waals surface area contributed by atoms with Gasteiger partial charge in [0.25, 0.3) is 0 Å². The number of aryl methyl sites for hydroxylation is 1. The van der Waals surface area contributed by atoms with Crippen LogP contribution in [0.2, 0.25) is 0 Å². The predicted molar refractivity (Wildman–Crippen MR) is 106 cm³/mol. The SMILES string of the molecule is COc1ccc2[nH]c3cnc(-c4cccnc4)cc3c2c1-c1cnn(C)c1. The van der Waals surface area contributed by atoms with Crippen molar-refractivity contribution < 1.29 is 4.74 Å². The van der Waals surface area contributed by atoms with Crippen molar-refractivity contribution in [3.63, 3.8) is 0 Å². The van der Waals surface area contributed by atoms with Gasteiger partial charge >= 0.3 is 0 Å². The van der Waals surface area contributed by atoms with Crippen molar-refractivity contribution in [2.75, 3.05) is 7.11 Å².